The van der Waals surface area contributed by atoms with E-state index < -0.39 is 15.8 Å². The van der Waals surface area contributed by atoms with E-state index in [0.29, 0.717) is 16.8 Å². The van der Waals surface area contributed by atoms with Gasteiger partial charge in [-0.15, -0.1) is 0 Å². The summed E-state index contributed by atoms with van der Waals surface area (Å²) in [7, 11) is -3.65. The highest BCUT2D eigenvalue weighted by Gasteiger charge is 2.11. The average Bonchev–Trinajstić information content (AvgIpc) is 2.21. The average molecular weight is 235 g/mol. The number of sulfonamides is 1. The van der Waals surface area contributed by atoms with E-state index in [2.05, 4.69) is 4.72 Å². The minimum atomic E-state index is -3.65. The number of hydrogen-bond donors (Lipinski definition) is 1. The Morgan fingerprint density at radius 1 is 1.38 bits per heavy atom. The summed E-state index contributed by atoms with van der Waals surface area (Å²) in [6, 6.07) is 8.14. The van der Waals surface area contributed by atoms with E-state index in [-0.39, 0.29) is 0 Å². The predicted octanol–water partition coefficient (Wildman–Crippen LogP) is 1.13. The lowest BCUT2D eigenvalue weighted by atomic mass is 10.1. The van der Waals surface area contributed by atoms with Gasteiger partial charge in [0.1, 0.15) is 0 Å². The van der Waals surface area contributed by atoms with E-state index in [1.165, 1.54) is 6.07 Å². The number of nitrogens with one attached hydrogen (secondary N) is 1. The number of nitriles is 2. The van der Waals surface area contributed by atoms with Gasteiger partial charge in [0.25, 0.3) is 0 Å². The molecule has 1 aromatic carbocycles. The summed E-state index contributed by atoms with van der Waals surface area (Å²) in [5.74, 6) is -0.608. The van der Waals surface area contributed by atoms with Gasteiger partial charge in [0, 0.05) is 0 Å². The lowest BCUT2D eigenvalue weighted by molar-refractivity contribution is 0.604. The van der Waals surface area contributed by atoms with E-state index in [9.17, 15) is 8.42 Å². The molecule has 0 saturated carbocycles. The van der Waals surface area contributed by atoms with Crippen molar-refractivity contribution in [1.82, 2.24) is 0 Å². The molecule has 82 valence electrons. The number of hydrogen-bond acceptors (Lipinski definition) is 4. The molecule has 0 aliphatic carbocycles. The molecule has 0 spiro atoms. The molecular weight excluding hydrogens is 226 g/mol. The first-order chi connectivity index (χ1) is 7.48. The van der Waals surface area contributed by atoms with Gasteiger partial charge in [-0.25, -0.2) is 8.42 Å². The second-order valence-electron chi connectivity index (χ2n) is 3.16. The molecule has 1 N–H and O–H groups in total. The Hall–Kier alpha value is -2.05. The predicted molar refractivity (Wildman–Crippen MR) is 58.9 cm³/mol. The van der Waals surface area contributed by atoms with Gasteiger partial charge in [-0.2, -0.15) is 10.5 Å². The van der Waals surface area contributed by atoms with Gasteiger partial charge in [0.15, 0.2) is 5.75 Å². The molecule has 0 aliphatic rings. The third-order valence-corrected chi connectivity index (χ3v) is 2.93. The van der Waals surface area contributed by atoms with Crippen molar-refractivity contribution in [3.8, 4) is 12.1 Å². The maximum atomic E-state index is 11.3. The fourth-order valence-corrected chi connectivity index (χ4v) is 1.89. The van der Waals surface area contributed by atoms with Crippen LogP contribution in [-0.4, -0.2) is 14.2 Å². The van der Waals surface area contributed by atoms with Crippen LogP contribution in [0.5, 0.6) is 0 Å². The molecule has 5 nitrogen and oxygen atoms in total. The summed E-state index contributed by atoms with van der Waals surface area (Å²) in [5.41, 5.74) is 1.38. The van der Waals surface area contributed by atoms with E-state index >= 15 is 0 Å². The van der Waals surface area contributed by atoms with Crippen molar-refractivity contribution in [2.45, 2.75) is 6.92 Å². The number of nitrogens with zero attached hydrogens (tertiary/aromatic N) is 2. The van der Waals surface area contributed by atoms with Crippen LogP contribution in [0.3, 0.4) is 0 Å². The lowest BCUT2D eigenvalue weighted by Gasteiger charge is -2.08. The first kappa shape index (κ1) is 12.0. The molecule has 0 amide bonds. The zero-order chi connectivity index (χ0) is 12.2. The Bertz CT molecular complexity index is 579. The number of anilines is 1. The standard InChI is InChI=1S/C10H9N3O2S/c1-8-2-3-9(7-12)6-10(8)13-16(14,15)5-4-11/h2-3,6,13H,5H2,1H3. The molecule has 0 aromatic heterocycles. The van der Waals surface area contributed by atoms with Crippen molar-refractivity contribution < 1.29 is 8.42 Å². The molecule has 0 aliphatic heterocycles. The minimum Gasteiger partial charge on any atom is -0.282 e. The van der Waals surface area contributed by atoms with Gasteiger partial charge in [-0.1, -0.05) is 6.07 Å². The SMILES string of the molecule is Cc1ccc(C#N)cc1NS(=O)(=O)CC#N. The van der Waals surface area contributed by atoms with Gasteiger partial charge in [0.05, 0.1) is 23.4 Å². The molecule has 0 saturated heterocycles. The fraction of sp³-hybridized carbons (Fsp3) is 0.200. The van der Waals surface area contributed by atoms with Gasteiger partial charge in [0.2, 0.25) is 10.0 Å². The Labute approximate surface area is 94.0 Å². The van der Waals surface area contributed by atoms with E-state index in [1.807, 2.05) is 6.07 Å². The molecule has 0 fully saturated rings. The van der Waals surface area contributed by atoms with Crippen molar-refractivity contribution in [2.24, 2.45) is 0 Å². The van der Waals surface area contributed by atoms with Crippen LogP contribution >= 0.6 is 0 Å². The first-order valence-electron chi connectivity index (χ1n) is 4.36. The molecule has 0 bridgehead atoms. The summed E-state index contributed by atoms with van der Waals surface area (Å²) in [4.78, 5) is 0. The first-order valence-corrected chi connectivity index (χ1v) is 6.02. The van der Waals surface area contributed by atoms with Crippen LogP contribution in [0.15, 0.2) is 18.2 Å². The van der Waals surface area contributed by atoms with Crippen molar-refractivity contribution in [1.29, 1.82) is 10.5 Å². The van der Waals surface area contributed by atoms with Gasteiger partial charge >= 0.3 is 0 Å². The van der Waals surface area contributed by atoms with Gasteiger partial charge < -0.3 is 0 Å². The molecule has 1 rings (SSSR count). The Balaban J connectivity index is 3.08. The Morgan fingerprint density at radius 3 is 2.62 bits per heavy atom. The highest BCUT2D eigenvalue weighted by Crippen LogP contribution is 2.17. The van der Waals surface area contributed by atoms with Gasteiger partial charge in [-0.3, -0.25) is 4.72 Å². The maximum absolute atomic E-state index is 11.3. The quantitative estimate of drug-likeness (QED) is 0.849. The summed E-state index contributed by atoms with van der Waals surface area (Å²) in [6.45, 7) is 1.71. The van der Waals surface area contributed by atoms with Crippen LogP contribution in [0.25, 0.3) is 0 Å². The smallest absolute Gasteiger partial charge is 0.246 e. The molecule has 1 aromatic rings. The topological polar surface area (TPSA) is 93.8 Å². The third kappa shape index (κ3) is 2.97. The molecule has 6 heteroatoms. The van der Waals surface area contributed by atoms with Crippen LogP contribution in [0.2, 0.25) is 0 Å². The minimum absolute atomic E-state index is 0.328. The summed E-state index contributed by atoms with van der Waals surface area (Å²) < 4.78 is 24.9. The molecule has 0 unspecified atom stereocenters. The van der Waals surface area contributed by atoms with Gasteiger partial charge in [-0.05, 0) is 24.6 Å². The number of aryl methyl sites for hydroxylation is 1. The Morgan fingerprint density at radius 2 is 2.06 bits per heavy atom. The van der Waals surface area contributed by atoms with Crippen LogP contribution < -0.4 is 4.72 Å². The second-order valence-corrected chi connectivity index (χ2v) is 4.88. The van der Waals surface area contributed by atoms with Crippen molar-refractivity contribution in [3.05, 3.63) is 29.3 Å². The molecule has 0 radical (unpaired) electrons. The van der Waals surface area contributed by atoms with Crippen LogP contribution in [0, 0.1) is 29.6 Å². The molecular formula is C10H9N3O2S. The zero-order valence-corrected chi connectivity index (χ0v) is 9.37. The third-order valence-electron chi connectivity index (χ3n) is 1.89. The second kappa shape index (κ2) is 4.65. The summed E-state index contributed by atoms with van der Waals surface area (Å²) in [6.07, 6.45) is 0. The maximum Gasteiger partial charge on any atom is 0.246 e. The van der Waals surface area contributed by atoms with Crippen LogP contribution in [0.1, 0.15) is 11.1 Å². The monoisotopic (exact) mass is 235 g/mol. The summed E-state index contributed by atoms with van der Waals surface area (Å²) in [5, 5.41) is 17.0. The van der Waals surface area contributed by atoms with Crippen molar-refractivity contribution in [2.75, 3.05) is 10.5 Å². The highest BCUT2D eigenvalue weighted by molar-refractivity contribution is 7.92. The lowest BCUT2D eigenvalue weighted by Crippen LogP contribution is -2.16. The fourth-order valence-electron chi connectivity index (χ4n) is 1.09. The highest BCUT2D eigenvalue weighted by atomic mass is 32.2. The van der Waals surface area contributed by atoms with Crippen molar-refractivity contribution in [3.63, 3.8) is 0 Å². The van der Waals surface area contributed by atoms with E-state index in [4.69, 9.17) is 10.5 Å². The van der Waals surface area contributed by atoms with E-state index in [1.54, 1.807) is 25.1 Å². The zero-order valence-electron chi connectivity index (χ0n) is 8.56. The van der Waals surface area contributed by atoms with E-state index in [0.717, 1.165) is 0 Å². The largest absolute Gasteiger partial charge is 0.282 e. The summed E-state index contributed by atoms with van der Waals surface area (Å²) >= 11 is 0. The van der Waals surface area contributed by atoms with Crippen LogP contribution in [0.4, 0.5) is 5.69 Å². The molecule has 0 atom stereocenters. The number of benzene rings is 1. The molecule has 0 heterocycles. The normalized spacial score (nSPS) is 10.2. The number of rotatable bonds is 3. The van der Waals surface area contributed by atoms with Crippen LogP contribution in [-0.2, 0) is 10.0 Å². The molecule has 16 heavy (non-hydrogen) atoms. The van der Waals surface area contributed by atoms with Crippen molar-refractivity contribution >= 4 is 15.7 Å². The Kier molecular flexibility index (Phi) is 3.49.